The van der Waals surface area contributed by atoms with Gasteiger partial charge in [-0.2, -0.15) is 15.0 Å². The summed E-state index contributed by atoms with van der Waals surface area (Å²) in [7, 11) is 0. The zero-order valence-corrected chi connectivity index (χ0v) is 12.6. The standard InChI is InChI=1S/C14H24N6O/c1-2-21-11-8-10(9-11)16-13-17-12(15)18-14(19-13)20-6-4-3-5-7-20/h10-11H,2-9H2,1H3,(H3,15,16,17,18,19). The van der Waals surface area contributed by atoms with Gasteiger partial charge in [0.1, 0.15) is 0 Å². The minimum Gasteiger partial charge on any atom is -0.378 e. The molecule has 0 bridgehead atoms. The fourth-order valence-electron chi connectivity index (χ4n) is 2.92. The molecule has 0 aromatic carbocycles. The van der Waals surface area contributed by atoms with Gasteiger partial charge in [0, 0.05) is 25.7 Å². The van der Waals surface area contributed by atoms with Crippen molar-refractivity contribution in [1.29, 1.82) is 0 Å². The molecule has 3 rings (SSSR count). The Kier molecular flexibility index (Phi) is 4.38. The minimum atomic E-state index is 0.286. The van der Waals surface area contributed by atoms with E-state index in [1.165, 1.54) is 19.3 Å². The average molecular weight is 292 g/mol. The van der Waals surface area contributed by atoms with E-state index in [-0.39, 0.29) is 5.95 Å². The Hall–Kier alpha value is -1.63. The molecule has 0 atom stereocenters. The normalized spacial score (nSPS) is 25.5. The third kappa shape index (κ3) is 3.53. The van der Waals surface area contributed by atoms with E-state index in [1.807, 2.05) is 6.92 Å². The highest BCUT2D eigenvalue weighted by Crippen LogP contribution is 2.26. The summed E-state index contributed by atoms with van der Waals surface area (Å²) in [5, 5.41) is 3.34. The SMILES string of the molecule is CCOC1CC(Nc2nc(N)nc(N3CCCCC3)n2)C1. The number of nitrogen functional groups attached to an aromatic ring is 1. The second kappa shape index (κ2) is 6.43. The Labute approximate surface area is 125 Å². The molecule has 3 N–H and O–H groups in total. The van der Waals surface area contributed by atoms with Gasteiger partial charge in [-0.15, -0.1) is 0 Å². The van der Waals surface area contributed by atoms with Crippen molar-refractivity contribution in [2.75, 3.05) is 35.6 Å². The summed E-state index contributed by atoms with van der Waals surface area (Å²) in [5.41, 5.74) is 5.82. The smallest absolute Gasteiger partial charge is 0.231 e. The first kappa shape index (κ1) is 14.3. The molecule has 0 spiro atoms. The first-order valence-corrected chi connectivity index (χ1v) is 7.89. The minimum absolute atomic E-state index is 0.286. The highest BCUT2D eigenvalue weighted by atomic mass is 16.5. The van der Waals surface area contributed by atoms with Crippen molar-refractivity contribution >= 4 is 17.8 Å². The van der Waals surface area contributed by atoms with Crippen molar-refractivity contribution < 1.29 is 4.74 Å². The summed E-state index contributed by atoms with van der Waals surface area (Å²) in [5.74, 6) is 1.57. The molecule has 1 saturated carbocycles. The van der Waals surface area contributed by atoms with Gasteiger partial charge in [-0.1, -0.05) is 0 Å². The van der Waals surface area contributed by atoms with E-state index < -0.39 is 0 Å². The van der Waals surface area contributed by atoms with Crippen LogP contribution in [0.25, 0.3) is 0 Å². The third-order valence-corrected chi connectivity index (χ3v) is 4.11. The van der Waals surface area contributed by atoms with Gasteiger partial charge >= 0.3 is 0 Å². The van der Waals surface area contributed by atoms with Crippen LogP contribution in [0.4, 0.5) is 17.8 Å². The lowest BCUT2D eigenvalue weighted by atomic mass is 9.89. The molecule has 7 nitrogen and oxygen atoms in total. The number of anilines is 3. The van der Waals surface area contributed by atoms with E-state index in [1.54, 1.807) is 0 Å². The molecular weight excluding hydrogens is 268 g/mol. The van der Waals surface area contributed by atoms with Crippen molar-refractivity contribution in [2.45, 2.75) is 51.2 Å². The number of aromatic nitrogens is 3. The zero-order chi connectivity index (χ0) is 14.7. The molecule has 2 fully saturated rings. The molecule has 1 aromatic heterocycles. The summed E-state index contributed by atoms with van der Waals surface area (Å²) in [6.45, 7) is 4.80. The molecule has 1 aromatic rings. The molecule has 1 aliphatic heterocycles. The van der Waals surface area contributed by atoms with Crippen LogP contribution >= 0.6 is 0 Å². The van der Waals surface area contributed by atoms with Crippen LogP contribution in [0.1, 0.15) is 39.0 Å². The Morgan fingerprint density at radius 2 is 1.95 bits per heavy atom. The number of ether oxygens (including phenoxy) is 1. The highest BCUT2D eigenvalue weighted by Gasteiger charge is 2.30. The van der Waals surface area contributed by atoms with Gasteiger partial charge < -0.3 is 20.7 Å². The van der Waals surface area contributed by atoms with Crippen molar-refractivity contribution in [2.24, 2.45) is 0 Å². The molecule has 2 aliphatic rings. The predicted octanol–water partition coefficient (Wildman–Crippen LogP) is 1.42. The summed E-state index contributed by atoms with van der Waals surface area (Å²) < 4.78 is 5.56. The third-order valence-electron chi connectivity index (χ3n) is 4.11. The van der Waals surface area contributed by atoms with Crippen molar-refractivity contribution in [1.82, 2.24) is 15.0 Å². The summed E-state index contributed by atoms with van der Waals surface area (Å²) in [4.78, 5) is 15.2. The van der Waals surface area contributed by atoms with E-state index in [0.717, 1.165) is 32.5 Å². The first-order valence-electron chi connectivity index (χ1n) is 7.89. The molecule has 116 valence electrons. The second-order valence-electron chi connectivity index (χ2n) is 5.75. The van der Waals surface area contributed by atoms with E-state index in [2.05, 4.69) is 25.2 Å². The Bertz CT molecular complexity index is 471. The lowest BCUT2D eigenvalue weighted by molar-refractivity contribution is 0.00285. The van der Waals surface area contributed by atoms with E-state index >= 15 is 0 Å². The number of nitrogens with one attached hydrogen (secondary N) is 1. The second-order valence-corrected chi connectivity index (χ2v) is 5.75. The van der Waals surface area contributed by atoms with Gasteiger partial charge in [-0.25, -0.2) is 0 Å². The van der Waals surface area contributed by atoms with Crippen LogP contribution in [0.5, 0.6) is 0 Å². The van der Waals surface area contributed by atoms with Crippen LogP contribution in [0.3, 0.4) is 0 Å². The van der Waals surface area contributed by atoms with Crippen LogP contribution in [-0.4, -0.2) is 46.8 Å². The Morgan fingerprint density at radius 3 is 2.67 bits per heavy atom. The molecular formula is C14H24N6O. The van der Waals surface area contributed by atoms with Crippen LogP contribution in [-0.2, 0) is 4.74 Å². The largest absolute Gasteiger partial charge is 0.378 e. The van der Waals surface area contributed by atoms with Gasteiger partial charge in [0.05, 0.1) is 6.10 Å². The van der Waals surface area contributed by atoms with Crippen molar-refractivity contribution in [3.8, 4) is 0 Å². The van der Waals surface area contributed by atoms with Crippen molar-refractivity contribution in [3.63, 3.8) is 0 Å². The summed E-state index contributed by atoms with van der Waals surface area (Å²) >= 11 is 0. The van der Waals surface area contributed by atoms with E-state index in [4.69, 9.17) is 10.5 Å². The Balaban J connectivity index is 1.61. The topological polar surface area (TPSA) is 89.2 Å². The van der Waals surface area contributed by atoms with E-state index in [9.17, 15) is 0 Å². The maximum atomic E-state index is 5.82. The molecule has 7 heteroatoms. The number of nitrogens with zero attached hydrogens (tertiary/aromatic N) is 4. The molecule has 0 radical (unpaired) electrons. The predicted molar refractivity (Wildman–Crippen MR) is 82.4 cm³/mol. The first-order chi connectivity index (χ1) is 10.2. The quantitative estimate of drug-likeness (QED) is 0.848. The zero-order valence-electron chi connectivity index (χ0n) is 12.6. The Morgan fingerprint density at radius 1 is 1.19 bits per heavy atom. The van der Waals surface area contributed by atoms with Crippen LogP contribution in [0, 0.1) is 0 Å². The maximum Gasteiger partial charge on any atom is 0.231 e. The molecule has 0 amide bonds. The van der Waals surface area contributed by atoms with E-state index in [0.29, 0.717) is 24.0 Å². The lowest BCUT2D eigenvalue weighted by Gasteiger charge is -2.35. The average Bonchev–Trinajstić information content (AvgIpc) is 2.45. The van der Waals surface area contributed by atoms with Crippen molar-refractivity contribution in [3.05, 3.63) is 0 Å². The molecule has 21 heavy (non-hydrogen) atoms. The van der Waals surface area contributed by atoms with Gasteiger partial charge in [0.25, 0.3) is 0 Å². The highest BCUT2D eigenvalue weighted by molar-refractivity contribution is 5.42. The van der Waals surface area contributed by atoms with Crippen LogP contribution < -0.4 is 16.0 Å². The fourth-order valence-corrected chi connectivity index (χ4v) is 2.92. The fraction of sp³-hybridized carbons (Fsp3) is 0.786. The lowest BCUT2D eigenvalue weighted by Crippen LogP contribution is -2.41. The monoisotopic (exact) mass is 292 g/mol. The number of rotatable bonds is 5. The number of hydrogen-bond donors (Lipinski definition) is 2. The van der Waals surface area contributed by atoms with Gasteiger partial charge in [-0.05, 0) is 39.0 Å². The summed E-state index contributed by atoms with van der Waals surface area (Å²) in [6, 6.07) is 0.373. The number of nitrogens with two attached hydrogens (primary N) is 1. The maximum absolute atomic E-state index is 5.82. The summed E-state index contributed by atoms with van der Waals surface area (Å²) in [6.07, 6.45) is 6.02. The van der Waals surface area contributed by atoms with Gasteiger partial charge in [-0.3, -0.25) is 0 Å². The van der Waals surface area contributed by atoms with Crippen LogP contribution in [0.2, 0.25) is 0 Å². The van der Waals surface area contributed by atoms with Gasteiger partial charge in [0.15, 0.2) is 0 Å². The molecule has 0 unspecified atom stereocenters. The number of hydrogen-bond acceptors (Lipinski definition) is 7. The van der Waals surface area contributed by atoms with Gasteiger partial charge in [0.2, 0.25) is 17.8 Å². The number of piperidine rings is 1. The molecule has 1 aliphatic carbocycles. The molecule has 1 saturated heterocycles. The molecule has 2 heterocycles. The van der Waals surface area contributed by atoms with Crippen LogP contribution in [0.15, 0.2) is 0 Å².